The number of hydrogen-bond donors (Lipinski definition) is 2. The standard InChI is InChI=1S/C13H9BrF4N2/c14-9-3-1-6(15)5-8(9)13(20-19)7-2-4-10(16)12(18)11(7)17/h1-5,13,20H,19H2. The Morgan fingerprint density at radius 1 is 0.950 bits per heavy atom. The van der Waals surface area contributed by atoms with Crippen LogP contribution in [0.1, 0.15) is 17.2 Å². The van der Waals surface area contributed by atoms with Crippen LogP contribution in [0, 0.1) is 23.3 Å². The molecule has 0 aliphatic heterocycles. The minimum atomic E-state index is -1.60. The highest BCUT2D eigenvalue weighted by Crippen LogP contribution is 2.31. The van der Waals surface area contributed by atoms with Crippen LogP contribution in [-0.2, 0) is 0 Å². The largest absolute Gasteiger partial charge is 0.271 e. The van der Waals surface area contributed by atoms with Gasteiger partial charge in [-0.2, -0.15) is 0 Å². The molecule has 2 aromatic carbocycles. The number of benzene rings is 2. The van der Waals surface area contributed by atoms with Crippen molar-refractivity contribution in [2.45, 2.75) is 6.04 Å². The molecule has 0 aliphatic rings. The summed E-state index contributed by atoms with van der Waals surface area (Å²) in [7, 11) is 0. The van der Waals surface area contributed by atoms with Gasteiger partial charge in [-0.15, -0.1) is 0 Å². The molecule has 0 saturated heterocycles. The third-order valence-electron chi connectivity index (χ3n) is 2.81. The third kappa shape index (κ3) is 2.70. The molecule has 7 heteroatoms. The Hall–Kier alpha value is -1.44. The molecule has 106 valence electrons. The summed E-state index contributed by atoms with van der Waals surface area (Å²) in [6, 6.07) is 4.53. The van der Waals surface area contributed by atoms with E-state index in [9.17, 15) is 17.6 Å². The van der Waals surface area contributed by atoms with E-state index in [1.165, 1.54) is 12.1 Å². The van der Waals surface area contributed by atoms with Gasteiger partial charge in [-0.1, -0.05) is 22.0 Å². The second-order valence-electron chi connectivity index (χ2n) is 4.03. The molecule has 0 heterocycles. The first kappa shape index (κ1) is 15.0. The zero-order valence-electron chi connectivity index (χ0n) is 9.93. The van der Waals surface area contributed by atoms with Gasteiger partial charge in [-0.3, -0.25) is 5.84 Å². The number of rotatable bonds is 3. The van der Waals surface area contributed by atoms with Gasteiger partial charge < -0.3 is 0 Å². The van der Waals surface area contributed by atoms with E-state index >= 15 is 0 Å². The molecule has 0 aliphatic carbocycles. The summed E-state index contributed by atoms with van der Waals surface area (Å²) in [5, 5.41) is 0. The van der Waals surface area contributed by atoms with Gasteiger partial charge >= 0.3 is 0 Å². The molecule has 3 N–H and O–H groups in total. The van der Waals surface area contributed by atoms with Crippen molar-refractivity contribution in [2.24, 2.45) is 5.84 Å². The first-order valence-electron chi connectivity index (χ1n) is 5.50. The van der Waals surface area contributed by atoms with Crippen molar-refractivity contribution in [3.8, 4) is 0 Å². The minimum Gasteiger partial charge on any atom is -0.271 e. The number of nitrogens with one attached hydrogen (secondary N) is 1. The SMILES string of the molecule is NNC(c1cc(F)ccc1Br)c1ccc(F)c(F)c1F. The lowest BCUT2D eigenvalue weighted by Crippen LogP contribution is -2.30. The summed E-state index contributed by atoms with van der Waals surface area (Å²) < 4.78 is 53.8. The van der Waals surface area contributed by atoms with Crippen LogP contribution in [-0.4, -0.2) is 0 Å². The molecule has 0 spiro atoms. The summed E-state index contributed by atoms with van der Waals surface area (Å²) in [4.78, 5) is 0. The highest BCUT2D eigenvalue weighted by atomic mass is 79.9. The zero-order chi connectivity index (χ0) is 14.9. The van der Waals surface area contributed by atoms with Crippen LogP contribution in [0.2, 0.25) is 0 Å². The molecule has 0 bridgehead atoms. The summed E-state index contributed by atoms with van der Waals surface area (Å²) >= 11 is 3.17. The van der Waals surface area contributed by atoms with Crippen LogP contribution in [0.3, 0.4) is 0 Å². The average molecular weight is 349 g/mol. The molecule has 1 atom stereocenters. The van der Waals surface area contributed by atoms with E-state index in [2.05, 4.69) is 21.4 Å². The lowest BCUT2D eigenvalue weighted by Gasteiger charge is -2.19. The molecule has 20 heavy (non-hydrogen) atoms. The molecular formula is C13H9BrF4N2. The summed E-state index contributed by atoms with van der Waals surface area (Å²) in [5.74, 6) is 0.495. The quantitative estimate of drug-likeness (QED) is 0.385. The van der Waals surface area contributed by atoms with Gasteiger partial charge in [0.15, 0.2) is 17.5 Å². The highest BCUT2D eigenvalue weighted by Gasteiger charge is 2.23. The maximum atomic E-state index is 13.8. The predicted octanol–water partition coefficient (Wildman–Crippen LogP) is 3.56. The van der Waals surface area contributed by atoms with Gasteiger partial charge in [-0.05, 0) is 29.8 Å². The van der Waals surface area contributed by atoms with Crippen molar-refractivity contribution < 1.29 is 17.6 Å². The van der Waals surface area contributed by atoms with Crippen LogP contribution < -0.4 is 11.3 Å². The third-order valence-corrected chi connectivity index (χ3v) is 3.53. The summed E-state index contributed by atoms with van der Waals surface area (Å²) in [5.41, 5.74) is 2.30. The lowest BCUT2D eigenvalue weighted by molar-refractivity contribution is 0.433. The second-order valence-corrected chi connectivity index (χ2v) is 4.88. The van der Waals surface area contributed by atoms with Crippen molar-refractivity contribution in [3.63, 3.8) is 0 Å². The second kappa shape index (κ2) is 5.90. The molecule has 0 saturated carbocycles. The van der Waals surface area contributed by atoms with E-state index in [1.807, 2.05) is 0 Å². The van der Waals surface area contributed by atoms with Gasteiger partial charge in [0.1, 0.15) is 5.82 Å². The predicted molar refractivity (Wildman–Crippen MR) is 69.6 cm³/mol. The molecule has 0 radical (unpaired) electrons. The first-order chi connectivity index (χ1) is 9.45. The van der Waals surface area contributed by atoms with Crippen LogP contribution in [0.15, 0.2) is 34.8 Å². The maximum absolute atomic E-state index is 13.8. The molecule has 0 fully saturated rings. The van der Waals surface area contributed by atoms with Gasteiger partial charge in [0.2, 0.25) is 0 Å². The van der Waals surface area contributed by atoms with Crippen molar-refractivity contribution in [1.29, 1.82) is 0 Å². The topological polar surface area (TPSA) is 38.0 Å². The van der Waals surface area contributed by atoms with Crippen LogP contribution >= 0.6 is 15.9 Å². The Morgan fingerprint density at radius 2 is 1.65 bits per heavy atom. The number of halogens is 5. The van der Waals surface area contributed by atoms with Gasteiger partial charge in [-0.25, -0.2) is 23.0 Å². The number of nitrogens with two attached hydrogens (primary N) is 1. The van der Waals surface area contributed by atoms with Gasteiger partial charge in [0.05, 0.1) is 6.04 Å². The molecule has 1 unspecified atom stereocenters. The van der Waals surface area contributed by atoms with Crippen LogP contribution in [0.25, 0.3) is 0 Å². The lowest BCUT2D eigenvalue weighted by atomic mass is 9.98. The monoisotopic (exact) mass is 348 g/mol. The fraction of sp³-hybridized carbons (Fsp3) is 0.0769. The Bertz CT molecular complexity index is 649. The average Bonchev–Trinajstić information content (AvgIpc) is 2.43. The molecule has 2 nitrogen and oxygen atoms in total. The molecule has 2 rings (SSSR count). The van der Waals surface area contributed by atoms with E-state index in [0.29, 0.717) is 4.47 Å². The summed E-state index contributed by atoms with van der Waals surface area (Å²) in [6.07, 6.45) is 0. The smallest absolute Gasteiger partial charge is 0.194 e. The van der Waals surface area contributed by atoms with E-state index in [-0.39, 0.29) is 11.1 Å². The molecule has 2 aromatic rings. The zero-order valence-corrected chi connectivity index (χ0v) is 11.5. The Kier molecular flexibility index (Phi) is 4.42. The Balaban J connectivity index is 2.58. The maximum Gasteiger partial charge on any atom is 0.194 e. The fourth-order valence-electron chi connectivity index (χ4n) is 1.85. The van der Waals surface area contributed by atoms with Crippen molar-refractivity contribution in [1.82, 2.24) is 5.43 Å². The minimum absolute atomic E-state index is 0.224. The van der Waals surface area contributed by atoms with Crippen LogP contribution in [0.5, 0.6) is 0 Å². The Labute approximate surface area is 120 Å². The van der Waals surface area contributed by atoms with E-state index in [4.69, 9.17) is 5.84 Å². The van der Waals surface area contributed by atoms with Crippen LogP contribution in [0.4, 0.5) is 17.6 Å². The van der Waals surface area contributed by atoms with Gasteiger partial charge in [0.25, 0.3) is 0 Å². The van der Waals surface area contributed by atoms with Crippen molar-refractivity contribution in [2.75, 3.05) is 0 Å². The molecular weight excluding hydrogens is 340 g/mol. The number of hydrogen-bond acceptors (Lipinski definition) is 2. The Morgan fingerprint density at radius 3 is 2.30 bits per heavy atom. The fourth-order valence-corrected chi connectivity index (χ4v) is 2.32. The summed E-state index contributed by atoms with van der Waals surface area (Å²) in [6.45, 7) is 0. The van der Waals surface area contributed by atoms with E-state index < -0.39 is 29.3 Å². The molecule has 0 amide bonds. The normalized spacial score (nSPS) is 12.5. The number of hydrazine groups is 1. The molecule has 0 aromatic heterocycles. The van der Waals surface area contributed by atoms with E-state index in [1.54, 1.807) is 0 Å². The highest BCUT2D eigenvalue weighted by molar-refractivity contribution is 9.10. The van der Waals surface area contributed by atoms with E-state index in [0.717, 1.165) is 18.2 Å². The van der Waals surface area contributed by atoms with Gasteiger partial charge in [0, 0.05) is 10.0 Å². The van der Waals surface area contributed by atoms with Crippen molar-refractivity contribution >= 4 is 15.9 Å². The van der Waals surface area contributed by atoms with Crippen molar-refractivity contribution in [3.05, 3.63) is 69.2 Å². The first-order valence-corrected chi connectivity index (χ1v) is 6.29.